The molecule has 2 heterocycles. The lowest BCUT2D eigenvalue weighted by Gasteiger charge is -2.13. The van der Waals surface area contributed by atoms with Gasteiger partial charge in [0.25, 0.3) is 0 Å². The number of aryl methyl sites for hydroxylation is 1. The van der Waals surface area contributed by atoms with Crippen LogP contribution in [0.1, 0.15) is 6.42 Å². The summed E-state index contributed by atoms with van der Waals surface area (Å²) in [5.41, 5.74) is 2.75. The average molecular weight is 489 g/mol. The van der Waals surface area contributed by atoms with Crippen LogP contribution in [0.2, 0.25) is 10.0 Å². The van der Waals surface area contributed by atoms with Crippen molar-refractivity contribution in [3.05, 3.63) is 75.3 Å². The summed E-state index contributed by atoms with van der Waals surface area (Å²) in [5.74, 6) is 1.49. The summed E-state index contributed by atoms with van der Waals surface area (Å²) in [5, 5.41) is 3.08. The molecule has 4 aromatic rings. The van der Waals surface area contributed by atoms with Gasteiger partial charge in [0.2, 0.25) is 0 Å². The first-order valence-electron chi connectivity index (χ1n) is 9.95. The Morgan fingerprint density at radius 3 is 2.62 bits per heavy atom. The van der Waals surface area contributed by atoms with Gasteiger partial charge in [0.05, 0.1) is 42.0 Å². The van der Waals surface area contributed by atoms with Gasteiger partial charge in [0, 0.05) is 42.5 Å². The van der Waals surface area contributed by atoms with Gasteiger partial charge in [-0.25, -0.2) is 9.98 Å². The third-order valence-corrected chi connectivity index (χ3v) is 6.57. The van der Waals surface area contributed by atoms with Crippen molar-refractivity contribution in [1.82, 2.24) is 14.1 Å². The minimum atomic E-state index is 0.480. The first-order valence-corrected chi connectivity index (χ1v) is 11.6. The van der Waals surface area contributed by atoms with E-state index in [0.717, 1.165) is 52.8 Å². The van der Waals surface area contributed by atoms with E-state index in [1.807, 2.05) is 36.8 Å². The number of ether oxygens (including phenoxy) is 2. The van der Waals surface area contributed by atoms with Gasteiger partial charge in [-0.1, -0.05) is 23.2 Å². The van der Waals surface area contributed by atoms with Crippen LogP contribution in [-0.4, -0.2) is 28.3 Å². The Balaban J connectivity index is 1.76. The minimum absolute atomic E-state index is 0.480. The molecular weight excluding hydrogens is 467 g/mol. The first-order chi connectivity index (χ1) is 15.6. The van der Waals surface area contributed by atoms with Gasteiger partial charge in [0.1, 0.15) is 11.5 Å². The van der Waals surface area contributed by atoms with E-state index >= 15 is 0 Å². The summed E-state index contributed by atoms with van der Waals surface area (Å²) < 4.78 is 15.3. The number of imidazole rings is 1. The van der Waals surface area contributed by atoms with E-state index in [2.05, 4.69) is 19.5 Å². The standard InChI is InChI=1S/C23H22Cl2N4O2S/c1-30-17-5-6-18(22(13-17)31-2)21-14-32-23(27-16-4-7-19(24)20(25)12-16)29(21)10-3-9-28-11-8-26-15-28/h4-8,11-15H,3,9-10H2,1-2H3. The third kappa shape index (κ3) is 5.01. The topological polar surface area (TPSA) is 53.6 Å². The van der Waals surface area contributed by atoms with Crippen molar-refractivity contribution >= 4 is 40.2 Å². The lowest BCUT2D eigenvalue weighted by molar-refractivity contribution is 0.395. The van der Waals surface area contributed by atoms with Crippen molar-refractivity contribution in [1.29, 1.82) is 0 Å². The molecule has 2 aromatic carbocycles. The molecule has 0 aliphatic heterocycles. The molecule has 0 unspecified atom stereocenters. The Kier molecular flexibility index (Phi) is 7.19. The van der Waals surface area contributed by atoms with Gasteiger partial charge >= 0.3 is 0 Å². The first kappa shape index (κ1) is 22.5. The van der Waals surface area contributed by atoms with Crippen LogP contribution in [-0.2, 0) is 13.1 Å². The maximum atomic E-state index is 6.20. The zero-order valence-corrected chi connectivity index (χ0v) is 20.0. The number of hydrogen-bond donors (Lipinski definition) is 0. The van der Waals surface area contributed by atoms with E-state index in [1.54, 1.807) is 43.9 Å². The van der Waals surface area contributed by atoms with Crippen LogP contribution in [0.3, 0.4) is 0 Å². The highest BCUT2D eigenvalue weighted by molar-refractivity contribution is 7.07. The molecule has 0 fully saturated rings. The van der Waals surface area contributed by atoms with E-state index in [4.69, 9.17) is 37.7 Å². The van der Waals surface area contributed by atoms with Crippen molar-refractivity contribution in [2.75, 3.05) is 14.2 Å². The fourth-order valence-electron chi connectivity index (χ4n) is 3.36. The summed E-state index contributed by atoms with van der Waals surface area (Å²) in [7, 11) is 3.30. The lowest BCUT2D eigenvalue weighted by Crippen LogP contribution is -2.17. The summed E-state index contributed by atoms with van der Waals surface area (Å²) in [6.07, 6.45) is 6.49. The molecule has 0 aliphatic carbocycles. The van der Waals surface area contributed by atoms with E-state index in [0.29, 0.717) is 10.0 Å². The Morgan fingerprint density at radius 1 is 1.03 bits per heavy atom. The normalized spacial score (nSPS) is 11.7. The zero-order valence-electron chi connectivity index (χ0n) is 17.7. The fourth-order valence-corrected chi connectivity index (χ4v) is 4.59. The summed E-state index contributed by atoms with van der Waals surface area (Å²) in [4.78, 5) is 9.83. The van der Waals surface area contributed by atoms with Crippen molar-refractivity contribution in [3.63, 3.8) is 0 Å². The fraction of sp³-hybridized carbons (Fsp3) is 0.217. The van der Waals surface area contributed by atoms with E-state index < -0.39 is 0 Å². The van der Waals surface area contributed by atoms with Gasteiger partial charge < -0.3 is 18.6 Å². The largest absolute Gasteiger partial charge is 0.497 e. The lowest BCUT2D eigenvalue weighted by atomic mass is 10.1. The quantitative estimate of drug-likeness (QED) is 0.302. The van der Waals surface area contributed by atoms with Crippen LogP contribution in [0, 0.1) is 0 Å². The molecule has 9 heteroatoms. The molecule has 0 radical (unpaired) electrons. The molecule has 0 saturated heterocycles. The molecule has 166 valence electrons. The number of benzene rings is 2. The molecule has 0 bridgehead atoms. The molecule has 32 heavy (non-hydrogen) atoms. The molecule has 2 aromatic heterocycles. The van der Waals surface area contributed by atoms with Crippen LogP contribution >= 0.6 is 34.5 Å². The maximum absolute atomic E-state index is 6.20. The van der Waals surface area contributed by atoms with Crippen LogP contribution in [0.25, 0.3) is 11.3 Å². The molecule has 0 aliphatic rings. The summed E-state index contributed by atoms with van der Waals surface area (Å²) >= 11 is 13.8. The van der Waals surface area contributed by atoms with E-state index in [9.17, 15) is 0 Å². The molecule has 0 amide bonds. The van der Waals surface area contributed by atoms with Crippen LogP contribution in [0.15, 0.2) is 65.5 Å². The number of nitrogens with zero attached hydrogens (tertiary/aromatic N) is 4. The number of aromatic nitrogens is 3. The van der Waals surface area contributed by atoms with Crippen molar-refractivity contribution in [2.45, 2.75) is 19.5 Å². The van der Waals surface area contributed by atoms with Gasteiger partial charge in [0.15, 0.2) is 4.80 Å². The minimum Gasteiger partial charge on any atom is -0.497 e. The predicted molar refractivity (Wildman–Crippen MR) is 129 cm³/mol. The van der Waals surface area contributed by atoms with Crippen molar-refractivity contribution in [2.24, 2.45) is 4.99 Å². The Labute approximate surface area is 200 Å². The molecule has 0 spiro atoms. The highest BCUT2D eigenvalue weighted by Crippen LogP contribution is 2.34. The third-order valence-electron chi connectivity index (χ3n) is 4.97. The number of thiazole rings is 1. The van der Waals surface area contributed by atoms with Gasteiger partial charge in [-0.3, -0.25) is 0 Å². The van der Waals surface area contributed by atoms with E-state index in [1.165, 1.54) is 0 Å². The van der Waals surface area contributed by atoms with Gasteiger partial charge in [-0.05, 0) is 36.8 Å². The monoisotopic (exact) mass is 488 g/mol. The molecule has 4 rings (SSSR count). The Bertz CT molecular complexity index is 1270. The molecule has 6 nitrogen and oxygen atoms in total. The number of halogens is 2. The van der Waals surface area contributed by atoms with Gasteiger partial charge in [-0.15, -0.1) is 11.3 Å². The maximum Gasteiger partial charge on any atom is 0.190 e. The molecule has 0 atom stereocenters. The number of methoxy groups -OCH3 is 2. The summed E-state index contributed by atoms with van der Waals surface area (Å²) in [6.45, 7) is 1.63. The number of rotatable bonds is 8. The van der Waals surface area contributed by atoms with Crippen LogP contribution < -0.4 is 14.3 Å². The number of hydrogen-bond acceptors (Lipinski definition) is 5. The summed E-state index contributed by atoms with van der Waals surface area (Å²) in [6, 6.07) is 11.2. The Morgan fingerprint density at radius 2 is 1.91 bits per heavy atom. The smallest absolute Gasteiger partial charge is 0.190 e. The van der Waals surface area contributed by atoms with Crippen LogP contribution in [0.4, 0.5) is 5.69 Å². The van der Waals surface area contributed by atoms with Crippen molar-refractivity contribution in [3.8, 4) is 22.8 Å². The van der Waals surface area contributed by atoms with Crippen molar-refractivity contribution < 1.29 is 9.47 Å². The second-order valence-corrected chi connectivity index (χ2v) is 8.64. The highest BCUT2D eigenvalue weighted by atomic mass is 35.5. The Hall–Kier alpha value is -2.74. The highest BCUT2D eigenvalue weighted by Gasteiger charge is 2.14. The zero-order chi connectivity index (χ0) is 22.5. The predicted octanol–water partition coefficient (Wildman–Crippen LogP) is 6.06. The SMILES string of the molecule is COc1ccc(-c2csc(=Nc3ccc(Cl)c(Cl)c3)n2CCCn2ccnc2)c(OC)c1. The second-order valence-electron chi connectivity index (χ2n) is 6.99. The van der Waals surface area contributed by atoms with E-state index in [-0.39, 0.29) is 0 Å². The van der Waals surface area contributed by atoms with Crippen LogP contribution in [0.5, 0.6) is 11.5 Å². The molecule has 0 saturated carbocycles. The van der Waals surface area contributed by atoms with Gasteiger partial charge in [-0.2, -0.15) is 0 Å². The molecular formula is C23H22Cl2N4O2S. The molecule has 0 N–H and O–H groups in total. The average Bonchev–Trinajstić information content (AvgIpc) is 3.46. The second kappa shape index (κ2) is 10.3.